The SMILES string of the molecule is Cc1cccc(C(=O)Nc2cccc(C)c2C)c1. The Morgan fingerprint density at radius 2 is 1.72 bits per heavy atom. The maximum Gasteiger partial charge on any atom is 0.255 e. The molecule has 0 aromatic heterocycles. The van der Waals surface area contributed by atoms with Gasteiger partial charge in [0, 0.05) is 11.3 Å². The van der Waals surface area contributed by atoms with E-state index in [0.29, 0.717) is 5.56 Å². The van der Waals surface area contributed by atoms with Crippen molar-refractivity contribution < 1.29 is 4.79 Å². The van der Waals surface area contributed by atoms with Crippen LogP contribution in [0.15, 0.2) is 42.5 Å². The topological polar surface area (TPSA) is 29.1 Å². The van der Waals surface area contributed by atoms with Crippen LogP contribution in [0.1, 0.15) is 27.0 Å². The number of benzene rings is 2. The smallest absolute Gasteiger partial charge is 0.255 e. The van der Waals surface area contributed by atoms with E-state index >= 15 is 0 Å². The van der Waals surface area contributed by atoms with Gasteiger partial charge in [-0.1, -0.05) is 29.8 Å². The minimum absolute atomic E-state index is 0.0626. The number of hydrogen-bond acceptors (Lipinski definition) is 1. The molecule has 2 aromatic carbocycles. The van der Waals surface area contributed by atoms with E-state index in [2.05, 4.69) is 5.32 Å². The standard InChI is InChI=1S/C16H17NO/c1-11-6-4-8-14(10-11)16(18)17-15-9-5-7-12(2)13(15)3/h4-10H,1-3H3,(H,17,18). The molecule has 0 bridgehead atoms. The molecule has 0 saturated heterocycles. The third-order valence-corrected chi connectivity index (χ3v) is 3.13. The highest BCUT2D eigenvalue weighted by Crippen LogP contribution is 2.19. The average molecular weight is 239 g/mol. The molecule has 0 heterocycles. The Morgan fingerprint density at radius 1 is 1.00 bits per heavy atom. The lowest BCUT2D eigenvalue weighted by molar-refractivity contribution is 0.102. The number of carbonyl (C=O) groups excluding carboxylic acids is 1. The van der Waals surface area contributed by atoms with Gasteiger partial charge in [0.15, 0.2) is 0 Å². The Kier molecular flexibility index (Phi) is 3.47. The number of rotatable bonds is 2. The molecule has 0 atom stereocenters. The highest BCUT2D eigenvalue weighted by Gasteiger charge is 2.08. The van der Waals surface area contributed by atoms with Gasteiger partial charge in [0.05, 0.1) is 0 Å². The number of hydrogen-bond donors (Lipinski definition) is 1. The predicted octanol–water partition coefficient (Wildman–Crippen LogP) is 3.86. The largest absolute Gasteiger partial charge is 0.322 e. The summed E-state index contributed by atoms with van der Waals surface area (Å²) < 4.78 is 0. The van der Waals surface area contributed by atoms with Gasteiger partial charge in [-0.15, -0.1) is 0 Å². The summed E-state index contributed by atoms with van der Waals surface area (Å²) in [6.07, 6.45) is 0. The summed E-state index contributed by atoms with van der Waals surface area (Å²) in [6, 6.07) is 13.5. The van der Waals surface area contributed by atoms with Crippen LogP contribution in [0.25, 0.3) is 0 Å². The lowest BCUT2D eigenvalue weighted by Gasteiger charge is -2.10. The van der Waals surface area contributed by atoms with E-state index in [1.165, 1.54) is 5.56 Å². The molecule has 0 unspecified atom stereocenters. The first-order valence-corrected chi connectivity index (χ1v) is 6.02. The second-order valence-electron chi connectivity index (χ2n) is 4.57. The lowest BCUT2D eigenvalue weighted by atomic mass is 10.1. The van der Waals surface area contributed by atoms with Crippen LogP contribution in [0.4, 0.5) is 5.69 Å². The molecule has 2 rings (SSSR count). The van der Waals surface area contributed by atoms with Gasteiger partial charge in [0.25, 0.3) is 5.91 Å². The first-order valence-electron chi connectivity index (χ1n) is 6.02. The highest BCUT2D eigenvalue weighted by atomic mass is 16.1. The maximum absolute atomic E-state index is 12.1. The van der Waals surface area contributed by atoms with Crippen LogP contribution in [0, 0.1) is 20.8 Å². The predicted molar refractivity (Wildman–Crippen MR) is 75.0 cm³/mol. The van der Waals surface area contributed by atoms with Crippen LogP contribution in [0.3, 0.4) is 0 Å². The van der Waals surface area contributed by atoms with Crippen molar-refractivity contribution in [3.8, 4) is 0 Å². The van der Waals surface area contributed by atoms with Gasteiger partial charge in [0.1, 0.15) is 0 Å². The molecule has 0 aliphatic rings. The zero-order chi connectivity index (χ0) is 13.1. The second-order valence-corrected chi connectivity index (χ2v) is 4.57. The molecule has 0 aliphatic heterocycles. The molecular formula is C16H17NO. The van der Waals surface area contributed by atoms with E-state index in [0.717, 1.165) is 16.8 Å². The minimum Gasteiger partial charge on any atom is -0.322 e. The summed E-state index contributed by atoms with van der Waals surface area (Å²) in [4.78, 5) is 12.1. The molecule has 0 saturated carbocycles. The molecule has 2 aromatic rings. The van der Waals surface area contributed by atoms with E-state index in [1.54, 1.807) is 0 Å². The number of nitrogens with one attached hydrogen (secondary N) is 1. The van der Waals surface area contributed by atoms with Crippen LogP contribution in [0.2, 0.25) is 0 Å². The molecular weight excluding hydrogens is 222 g/mol. The van der Waals surface area contributed by atoms with Crippen molar-refractivity contribution in [1.29, 1.82) is 0 Å². The fourth-order valence-electron chi connectivity index (χ4n) is 1.87. The second kappa shape index (κ2) is 5.05. The summed E-state index contributed by atoms with van der Waals surface area (Å²) >= 11 is 0. The van der Waals surface area contributed by atoms with Crippen LogP contribution in [0.5, 0.6) is 0 Å². The summed E-state index contributed by atoms with van der Waals surface area (Å²) in [5.74, 6) is -0.0626. The van der Waals surface area contributed by atoms with Gasteiger partial charge >= 0.3 is 0 Å². The molecule has 1 N–H and O–H groups in total. The van der Waals surface area contributed by atoms with Crippen molar-refractivity contribution in [3.63, 3.8) is 0 Å². The Balaban J connectivity index is 2.24. The fraction of sp³-hybridized carbons (Fsp3) is 0.188. The number of anilines is 1. The fourth-order valence-corrected chi connectivity index (χ4v) is 1.87. The Morgan fingerprint density at radius 3 is 2.44 bits per heavy atom. The zero-order valence-electron chi connectivity index (χ0n) is 10.9. The Labute approximate surface area is 108 Å². The number of aryl methyl sites for hydroxylation is 2. The molecule has 92 valence electrons. The van der Waals surface area contributed by atoms with Crippen molar-refractivity contribution in [2.24, 2.45) is 0 Å². The van der Waals surface area contributed by atoms with Crippen LogP contribution in [-0.2, 0) is 0 Å². The average Bonchev–Trinajstić information content (AvgIpc) is 2.35. The number of amides is 1. The monoisotopic (exact) mass is 239 g/mol. The van der Waals surface area contributed by atoms with E-state index < -0.39 is 0 Å². The van der Waals surface area contributed by atoms with E-state index in [9.17, 15) is 4.79 Å². The molecule has 0 fully saturated rings. The van der Waals surface area contributed by atoms with Gasteiger partial charge in [-0.3, -0.25) is 4.79 Å². The molecule has 0 radical (unpaired) electrons. The Hall–Kier alpha value is -2.09. The normalized spacial score (nSPS) is 10.2. The van der Waals surface area contributed by atoms with Crippen molar-refractivity contribution in [2.75, 3.05) is 5.32 Å². The highest BCUT2D eigenvalue weighted by molar-refractivity contribution is 6.04. The van der Waals surface area contributed by atoms with Crippen molar-refractivity contribution in [2.45, 2.75) is 20.8 Å². The van der Waals surface area contributed by atoms with E-state index in [-0.39, 0.29) is 5.91 Å². The zero-order valence-corrected chi connectivity index (χ0v) is 10.9. The first-order chi connectivity index (χ1) is 8.58. The summed E-state index contributed by atoms with van der Waals surface area (Å²) in [6.45, 7) is 6.04. The first kappa shape index (κ1) is 12.4. The van der Waals surface area contributed by atoms with Gasteiger partial charge in [0.2, 0.25) is 0 Å². The van der Waals surface area contributed by atoms with Crippen LogP contribution < -0.4 is 5.32 Å². The molecule has 2 heteroatoms. The van der Waals surface area contributed by atoms with Crippen LogP contribution in [-0.4, -0.2) is 5.91 Å². The third-order valence-electron chi connectivity index (χ3n) is 3.13. The summed E-state index contributed by atoms with van der Waals surface area (Å²) in [5, 5.41) is 2.96. The molecule has 0 aliphatic carbocycles. The quantitative estimate of drug-likeness (QED) is 0.847. The molecule has 1 amide bonds. The van der Waals surface area contributed by atoms with Gasteiger partial charge in [-0.2, -0.15) is 0 Å². The molecule has 2 nitrogen and oxygen atoms in total. The molecule has 0 spiro atoms. The third kappa shape index (κ3) is 2.59. The summed E-state index contributed by atoms with van der Waals surface area (Å²) in [7, 11) is 0. The van der Waals surface area contributed by atoms with Crippen molar-refractivity contribution in [3.05, 3.63) is 64.7 Å². The van der Waals surface area contributed by atoms with E-state index in [1.807, 2.05) is 63.2 Å². The van der Waals surface area contributed by atoms with Gasteiger partial charge < -0.3 is 5.32 Å². The van der Waals surface area contributed by atoms with Gasteiger partial charge in [-0.05, 0) is 50.1 Å². The van der Waals surface area contributed by atoms with Gasteiger partial charge in [-0.25, -0.2) is 0 Å². The van der Waals surface area contributed by atoms with E-state index in [4.69, 9.17) is 0 Å². The molecule has 18 heavy (non-hydrogen) atoms. The van der Waals surface area contributed by atoms with Crippen molar-refractivity contribution in [1.82, 2.24) is 0 Å². The summed E-state index contributed by atoms with van der Waals surface area (Å²) in [5.41, 5.74) is 4.94. The number of carbonyl (C=O) groups is 1. The Bertz CT molecular complexity index is 587. The van der Waals surface area contributed by atoms with Crippen molar-refractivity contribution >= 4 is 11.6 Å². The maximum atomic E-state index is 12.1. The van der Waals surface area contributed by atoms with Crippen LogP contribution >= 0.6 is 0 Å². The lowest BCUT2D eigenvalue weighted by Crippen LogP contribution is -2.13. The minimum atomic E-state index is -0.0626.